The quantitative estimate of drug-likeness (QED) is 0.504. The molecule has 3 rings (SSSR count). The molecular weight excluding hydrogens is 360 g/mol. The summed E-state index contributed by atoms with van der Waals surface area (Å²) in [6.45, 7) is 4.76. The molecule has 0 radical (unpaired) electrons. The number of nitrogens with one attached hydrogen (secondary N) is 2. The Morgan fingerprint density at radius 3 is 2.37 bits per heavy atom. The van der Waals surface area contributed by atoms with Crippen molar-refractivity contribution < 1.29 is 5.11 Å². The number of aliphatic hydroxyl groups excluding tert-OH is 1. The second-order valence-electron chi connectivity index (χ2n) is 6.37. The van der Waals surface area contributed by atoms with Crippen LogP contribution in [0.3, 0.4) is 0 Å². The van der Waals surface area contributed by atoms with E-state index in [0.29, 0.717) is 24.7 Å². The normalized spacial score (nSPS) is 10.7. The van der Waals surface area contributed by atoms with Crippen LogP contribution in [0.15, 0.2) is 48.5 Å². The minimum absolute atomic E-state index is 0.125. The lowest BCUT2D eigenvalue weighted by Gasteiger charge is -2.15. The highest BCUT2D eigenvalue weighted by Crippen LogP contribution is 2.29. The van der Waals surface area contributed by atoms with Crippen LogP contribution in [-0.4, -0.2) is 28.2 Å². The van der Waals surface area contributed by atoms with Gasteiger partial charge < -0.3 is 15.7 Å². The molecule has 0 saturated carbocycles. The van der Waals surface area contributed by atoms with Crippen LogP contribution < -0.4 is 10.6 Å². The van der Waals surface area contributed by atoms with Crippen molar-refractivity contribution in [3.8, 4) is 11.3 Å². The van der Waals surface area contributed by atoms with Gasteiger partial charge in [-0.3, -0.25) is 0 Å². The van der Waals surface area contributed by atoms with Crippen LogP contribution in [0.4, 0.5) is 17.5 Å². The summed E-state index contributed by atoms with van der Waals surface area (Å²) in [5.41, 5.74) is 4.92. The Hall–Kier alpha value is -2.63. The number of aromatic nitrogens is 2. The van der Waals surface area contributed by atoms with Crippen LogP contribution >= 0.6 is 11.6 Å². The van der Waals surface area contributed by atoms with Gasteiger partial charge in [0.15, 0.2) is 0 Å². The van der Waals surface area contributed by atoms with E-state index in [2.05, 4.69) is 20.6 Å². The van der Waals surface area contributed by atoms with E-state index in [0.717, 1.165) is 33.1 Å². The lowest BCUT2D eigenvalue weighted by Crippen LogP contribution is -2.09. The third kappa shape index (κ3) is 4.96. The molecule has 0 bridgehead atoms. The Morgan fingerprint density at radius 2 is 1.70 bits per heavy atom. The summed E-state index contributed by atoms with van der Waals surface area (Å²) in [6.07, 6.45) is 0.636. The molecule has 3 N–H and O–H groups in total. The number of rotatable bonds is 7. The van der Waals surface area contributed by atoms with Gasteiger partial charge in [0.05, 0.1) is 5.69 Å². The van der Waals surface area contributed by atoms with E-state index in [9.17, 15) is 0 Å². The first-order chi connectivity index (χ1) is 13.1. The third-order valence-electron chi connectivity index (χ3n) is 4.16. The molecular formula is C21H23ClN4O. The SMILES string of the molecule is Cc1cc(Cl)cc(C)c1Nc1cc(-c2ccccc2)nc(NCCCO)n1. The lowest BCUT2D eigenvalue weighted by atomic mass is 10.1. The largest absolute Gasteiger partial charge is 0.396 e. The van der Waals surface area contributed by atoms with Crippen molar-refractivity contribution >= 4 is 29.1 Å². The number of aryl methyl sites for hydroxylation is 2. The average molecular weight is 383 g/mol. The monoisotopic (exact) mass is 382 g/mol. The Bertz CT molecular complexity index is 892. The molecule has 27 heavy (non-hydrogen) atoms. The Labute approximate surface area is 164 Å². The lowest BCUT2D eigenvalue weighted by molar-refractivity contribution is 0.292. The molecule has 140 valence electrons. The number of hydrogen-bond acceptors (Lipinski definition) is 5. The second-order valence-corrected chi connectivity index (χ2v) is 6.81. The van der Waals surface area contributed by atoms with E-state index in [1.54, 1.807) is 0 Å². The van der Waals surface area contributed by atoms with Crippen molar-refractivity contribution in [1.82, 2.24) is 9.97 Å². The molecule has 3 aromatic rings. The molecule has 0 aliphatic carbocycles. The fraction of sp³-hybridized carbons (Fsp3) is 0.238. The molecule has 2 aromatic carbocycles. The Balaban J connectivity index is 1.97. The minimum Gasteiger partial charge on any atom is -0.396 e. The zero-order valence-electron chi connectivity index (χ0n) is 15.5. The first kappa shape index (κ1) is 19.1. The van der Waals surface area contributed by atoms with Crippen molar-refractivity contribution in [1.29, 1.82) is 0 Å². The predicted octanol–water partition coefficient (Wildman–Crippen LogP) is 4.95. The van der Waals surface area contributed by atoms with Gasteiger partial charge in [0.25, 0.3) is 0 Å². The van der Waals surface area contributed by atoms with Crippen molar-refractivity contribution in [2.45, 2.75) is 20.3 Å². The molecule has 0 saturated heterocycles. The number of aliphatic hydroxyl groups is 1. The zero-order valence-corrected chi connectivity index (χ0v) is 16.2. The van der Waals surface area contributed by atoms with Crippen LogP contribution in [0.2, 0.25) is 5.02 Å². The highest BCUT2D eigenvalue weighted by Gasteiger charge is 2.10. The molecule has 0 unspecified atom stereocenters. The zero-order chi connectivity index (χ0) is 19.2. The molecule has 0 fully saturated rings. The van der Waals surface area contributed by atoms with Gasteiger partial charge in [-0.25, -0.2) is 4.98 Å². The summed E-state index contributed by atoms with van der Waals surface area (Å²) in [7, 11) is 0. The van der Waals surface area contributed by atoms with Gasteiger partial charge >= 0.3 is 0 Å². The van der Waals surface area contributed by atoms with E-state index in [1.165, 1.54) is 0 Å². The van der Waals surface area contributed by atoms with E-state index < -0.39 is 0 Å². The van der Waals surface area contributed by atoms with Gasteiger partial charge in [-0.05, 0) is 43.5 Å². The molecule has 0 spiro atoms. The van der Waals surface area contributed by atoms with E-state index in [-0.39, 0.29) is 6.61 Å². The van der Waals surface area contributed by atoms with Crippen LogP contribution in [0.25, 0.3) is 11.3 Å². The molecule has 1 heterocycles. The first-order valence-electron chi connectivity index (χ1n) is 8.90. The summed E-state index contributed by atoms with van der Waals surface area (Å²) >= 11 is 6.14. The summed E-state index contributed by atoms with van der Waals surface area (Å²) in [6, 6.07) is 15.8. The molecule has 5 nitrogen and oxygen atoms in total. The number of benzene rings is 2. The maximum Gasteiger partial charge on any atom is 0.225 e. The Morgan fingerprint density at radius 1 is 1.00 bits per heavy atom. The molecule has 0 amide bonds. The van der Waals surface area contributed by atoms with Crippen molar-refractivity contribution in [2.24, 2.45) is 0 Å². The van der Waals surface area contributed by atoms with Crippen molar-refractivity contribution in [3.63, 3.8) is 0 Å². The molecule has 6 heteroatoms. The van der Waals surface area contributed by atoms with Crippen LogP contribution in [-0.2, 0) is 0 Å². The van der Waals surface area contributed by atoms with Gasteiger partial charge in [0, 0.05) is 35.5 Å². The molecule has 0 atom stereocenters. The maximum absolute atomic E-state index is 9.01. The predicted molar refractivity (Wildman–Crippen MR) is 112 cm³/mol. The van der Waals surface area contributed by atoms with Gasteiger partial charge in [-0.1, -0.05) is 41.9 Å². The van der Waals surface area contributed by atoms with E-state index in [1.807, 2.05) is 62.4 Å². The number of halogens is 1. The fourth-order valence-corrected chi connectivity index (χ4v) is 3.19. The van der Waals surface area contributed by atoms with Gasteiger partial charge in [-0.15, -0.1) is 0 Å². The highest BCUT2D eigenvalue weighted by molar-refractivity contribution is 6.30. The van der Waals surface area contributed by atoms with Gasteiger partial charge in [0.1, 0.15) is 5.82 Å². The number of hydrogen-bond donors (Lipinski definition) is 3. The minimum atomic E-state index is 0.125. The smallest absolute Gasteiger partial charge is 0.225 e. The average Bonchev–Trinajstić information content (AvgIpc) is 2.65. The second kappa shape index (κ2) is 8.84. The van der Waals surface area contributed by atoms with E-state index >= 15 is 0 Å². The number of nitrogens with zero attached hydrogens (tertiary/aromatic N) is 2. The summed E-state index contributed by atoms with van der Waals surface area (Å²) in [4.78, 5) is 9.19. The topological polar surface area (TPSA) is 70.1 Å². The van der Waals surface area contributed by atoms with Crippen molar-refractivity contribution in [3.05, 3.63) is 64.7 Å². The fourth-order valence-electron chi connectivity index (χ4n) is 2.86. The van der Waals surface area contributed by atoms with Crippen molar-refractivity contribution in [2.75, 3.05) is 23.8 Å². The van der Waals surface area contributed by atoms with E-state index in [4.69, 9.17) is 16.7 Å². The highest BCUT2D eigenvalue weighted by atomic mass is 35.5. The van der Waals surface area contributed by atoms with Crippen LogP contribution in [0.1, 0.15) is 17.5 Å². The maximum atomic E-state index is 9.01. The van der Waals surface area contributed by atoms with Crippen LogP contribution in [0, 0.1) is 13.8 Å². The summed E-state index contributed by atoms with van der Waals surface area (Å²) in [5, 5.41) is 16.3. The van der Waals surface area contributed by atoms with Gasteiger partial charge in [-0.2, -0.15) is 4.98 Å². The van der Waals surface area contributed by atoms with Gasteiger partial charge in [0.2, 0.25) is 5.95 Å². The Kier molecular flexibility index (Phi) is 6.27. The van der Waals surface area contributed by atoms with Crippen LogP contribution in [0.5, 0.6) is 0 Å². The first-order valence-corrected chi connectivity index (χ1v) is 9.27. The standard InChI is InChI=1S/C21H23ClN4O/c1-14-11-17(22)12-15(2)20(14)25-19-13-18(16-7-4-3-5-8-16)24-21(26-19)23-9-6-10-27/h3-5,7-8,11-13,27H,6,9-10H2,1-2H3,(H2,23,24,25,26). The number of anilines is 3. The molecule has 1 aromatic heterocycles. The third-order valence-corrected chi connectivity index (χ3v) is 4.38. The summed E-state index contributed by atoms with van der Waals surface area (Å²) < 4.78 is 0. The summed E-state index contributed by atoms with van der Waals surface area (Å²) in [5.74, 6) is 1.22. The molecule has 0 aliphatic heterocycles. The molecule has 0 aliphatic rings.